The number of amides is 2. The third kappa shape index (κ3) is 2.42. The zero-order chi connectivity index (χ0) is 21.5. The third-order valence-electron chi connectivity index (χ3n) is 6.68. The molecule has 2 aliphatic heterocycles. The van der Waals surface area contributed by atoms with Crippen LogP contribution in [0.4, 0.5) is 4.39 Å². The first kappa shape index (κ1) is 18.1. The molecule has 31 heavy (non-hydrogen) atoms. The van der Waals surface area contributed by atoms with Gasteiger partial charge in [0.25, 0.3) is 11.8 Å². The minimum Gasteiger partial charge on any atom is -0.360 e. The molecule has 0 atom stereocenters. The SMILES string of the molecule is CC1(C)CCc2cccc3c(C4=C(c5c[nH]c6cc(F)ccc56)C(=O)NC4=O)cn1c23. The average molecular weight is 413 g/mol. The van der Waals surface area contributed by atoms with Crippen LogP contribution in [0.5, 0.6) is 0 Å². The van der Waals surface area contributed by atoms with Crippen molar-refractivity contribution in [2.75, 3.05) is 0 Å². The summed E-state index contributed by atoms with van der Waals surface area (Å²) in [5.74, 6) is -1.20. The zero-order valence-corrected chi connectivity index (χ0v) is 17.2. The highest BCUT2D eigenvalue weighted by molar-refractivity contribution is 6.50. The Balaban J connectivity index is 1.69. The molecule has 2 amide bonds. The van der Waals surface area contributed by atoms with E-state index in [1.165, 1.54) is 17.7 Å². The lowest BCUT2D eigenvalue weighted by molar-refractivity contribution is -0.122. The van der Waals surface area contributed by atoms with Crippen molar-refractivity contribution in [1.29, 1.82) is 0 Å². The van der Waals surface area contributed by atoms with Gasteiger partial charge in [0, 0.05) is 45.3 Å². The number of aromatic amines is 1. The molecule has 0 unspecified atom stereocenters. The van der Waals surface area contributed by atoms with Crippen LogP contribution in [0.1, 0.15) is 37.0 Å². The van der Waals surface area contributed by atoms with E-state index in [-0.39, 0.29) is 11.4 Å². The standard InChI is InChI=1S/C25H20FN3O2/c1-25(2)9-8-13-4-3-5-16-18(12-29(25)22(13)16)21-20(23(30)28-24(21)31)17-11-27-19-10-14(26)6-7-15(17)19/h3-7,10-12,27H,8-9H2,1-2H3,(H,28,30,31). The van der Waals surface area contributed by atoms with Gasteiger partial charge < -0.3 is 9.55 Å². The van der Waals surface area contributed by atoms with E-state index in [1.807, 2.05) is 18.3 Å². The molecule has 5 nitrogen and oxygen atoms in total. The molecule has 2 aromatic carbocycles. The molecule has 2 aromatic heterocycles. The van der Waals surface area contributed by atoms with E-state index >= 15 is 0 Å². The summed E-state index contributed by atoms with van der Waals surface area (Å²) >= 11 is 0. The van der Waals surface area contributed by atoms with E-state index in [1.54, 1.807) is 12.3 Å². The summed E-state index contributed by atoms with van der Waals surface area (Å²) in [6, 6.07) is 10.5. The Morgan fingerprint density at radius 2 is 1.77 bits per heavy atom. The van der Waals surface area contributed by atoms with Crippen molar-refractivity contribution in [2.45, 2.75) is 32.2 Å². The number of imide groups is 1. The molecule has 4 heterocycles. The van der Waals surface area contributed by atoms with Crippen molar-refractivity contribution in [3.63, 3.8) is 0 Å². The normalized spacial score (nSPS) is 17.8. The fourth-order valence-corrected chi connectivity index (χ4v) is 5.07. The molecule has 6 heteroatoms. The van der Waals surface area contributed by atoms with Gasteiger partial charge in [-0.15, -0.1) is 0 Å². The molecular formula is C25H20FN3O2. The first-order valence-electron chi connectivity index (χ1n) is 10.4. The van der Waals surface area contributed by atoms with Crippen molar-refractivity contribution in [3.8, 4) is 0 Å². The maximum atomic E-state index is 13.7. The predicted molar refractivity (Wildman–Crippen MR) is 118 cm³/mol. The van der Waals surface area contributed by atoms with Crippen molar-refractivity contribution in [1.82, 2.24) is 14.9 Å². The Hall–Kier alpha value is -3.67. The lowest BCUT2D eigenvalue weighted by atomic mass is 9.90. The average Bonchev–Trinajstić information content (AvgIpc) is 3.39. The maximum Gasteiger partial charge on any atom is 0.259 e. The van der Waals surface area contributed by atoms with Gasteiger partial charge in [-0.2, -0.15) is 0 Å². The number of aryl methyl sites for hydroxylation is 1. The number of H-pyrrole nitrogens is 1. The number of nitrogens with one attached hydrogen (secondary N) is 2. The minimum absolute atomic E-state index is 0.0943. The predicted octanol–water partition coefficient (Wildman–Crippen LogP) is 4.51. The second-order valence-corrected chi connectivity index (χ2v) is 8.96. The molecule has 2 aliphatic rings. The number of nitrogens with zero attached hydrogens (tertiary/aromatic N) is 1. The molecule has 154 valence electrons. The fourth-order valence-electron chi connectivity index (χ4n) is 5.07. The molecular weight excluding hydrogens is 393 g/mol. The number of benzene rings is 2. The van der Waals surface area contributed by atoms with Crippen LogP contribution in [0.25, 0.3) is 33.0 Å². The summed E-state index contributed by atoms with van der Waals surface area (Å²) in [5.41, 5.74) is 4.89. The Kier molecular flexibility index (Phi) is 3.47. The van der Waals surface area contributed by atoms with Gasteiger partial charge in [-0.25, -0.2) is 4.39 Å². The third-order valence-corrected chi connectivity index (χ3v) is 6.68. The number of fused-ring (bicyclic) bond motifs is 1. The van der Waals surface area contributed by atoms with E-state index < -0.39 is 11.8 Å². The number of hydrogen-bond acceptors (Lipinski definition) is 2. The van der Waals surface area contributed by atoms with Crippen LogP contribution in [0, 0.1) is 5.82 Å². The van der Waals surface area contributed by atoms with Crippen LogP contribution in [-0.4, -0.2) is 21.4 Å². The Morgan fingerprint density at radius 1 is 1.00 bits per heavy atom. The van der Waals surface area contributed by atoms with E-state index in [4.69, 9.17) is 0 Å². The monoisotopic (exact) mass is 413 g/mol. The van der Waals surface area contributed by atoms with Gasteiger partial charge in [0.2, 0.25) is 0 Å². The summed E-state index contributed by atoms with van der Waals surface area (Å²) in [5, 5.41) is 4.14. The molecule has 4 aromatic rings. The summed E-state index contributed by atoms with van der Waals surface area (Å²) in [6.07, 6.45) is 5.65. The van der Waals surface area contributed by atoms with Crippen LogP contribution >= 0.6 is 0 Å². The quantitative estimate of drug-likeness (QED) is 0.475. The lowest BCUT2D eigenvalue weighted by Gasteiger charge is -2.33. The van der Waals surface area contributed by atoms with Crippen LogP contribution < -0.4 is 5.32 Å². The molecule has 0 saturated carbocycles. The molecule has 2 N–H and O–H groups in total. The van der Waals surface area contributed by atoms with Crippen LogP contribution in [0.2, 0.25) is 0 Å². The number of halogens is 1. The molecule has 0 aliphatic carbocycles. The largest absolute Gasteiger partial charge is 0.360 e. The van der Waals surface area contributed by atoms with Crippen LogP contribution in [0.15, 0.2) is 48.8 Å². The number of rotatable bonds is 2. The van der Waals surface area contributed by atoms with E-state index in [2.05, 4.69) is 34.8 Å². The lowest BCUT2D eigenvalue weighted by Crippen LogP contribution is -2.29. The van der Waals surface area contributed by atoms with Crippen LogP contribution in [0.3, 0.4) is 0 Å². The van der Waals surface area contributed by atoms with Crippen molar-refractivity contribution < 1.29 is 14.0 Å². The number of para-hydroxylation sites is 1. The summed E-state index contributed by atoms with van der Waals surface area (Å²) < 4.78 is 15.9. The number of hydrogen-bond donors (Lipinski definition) is 2. The topological polar surface area (TPSA) is 66.9 Å². The molecule has 0 fully saturated rings. The van der Waals surface area contributed by atoms with Gasteiger partial charge in [0.15, 0.2) is 0 Å². The van der Waals surface area contributed by atoms with Gasteiger partial charge in [-0.1, -0.05) is 18.2 Å². The minimum atomic E-state index is -0.434. The van der Waals surface area contributed by atoms with Gasteiger partial charge in [-0.05, 0) is 50.5 Å². The van der Waals surface area contributed by atoms with E-state index in [9.17, 15) is 14.0 Å². The second kappa shape index (κ2) is 5.94. The Morgan fingerprint density at radius 3 is 2.58 bits per heavy atom. The van der Waals surface area contributed by atoms with E-state index in [0.717, 1.165) is 29.3 Å². The molecule has 0 spiro atoms. The maximum absolute atomic E-state index is 13.7. The van der Waals surface area contributed by atoms with Gasteiger partial charge in [0.1, 0.15) is 5.82 Å². The highest BCUT2D eigenvalue weighted by Crippen LogP contribution is 2.43. The summed E-state index contributed by atoms with van der Waals surface area (Å²) in [4.78, 5) is 29.0. The van der Waals surface area contributed by atoms with Crippen LogP contribution in [-0.2, 0) is 21.5 Å². The Labute approximate surface area is 177 Å². The summed E-state index contributed by atoms with van der Waals surface area (Å²) in [6.45, 7) is 4.38. The molecule has 0 bridgehead atoms. The summed E-state index contributed by atoms with van der Waals surface area (Å²) in [7, 11) is 0. The molecule has 6 rings (SSSR count). The van der Waals surface area contributed by atoms with Crippen molar-refractivity contribution in [2.24, 2.45) is 0 Å². The van der Waals surface area contributed by atoms with Gasteiger partial charge in [0.05, 0.1) is 16.7 Å². The van der Waals surface area contributed by atoms with Crippen molar-refractivity contribution >= 4 is 44.8 Å². The smallest absolute Gasteiger partial charge is 0.259 e. The first-order valence-corrected chi connectivity index (χ1v) is 10.4. The fraction of sp³-hybridized carbons (Fsp3) is 0.200. The molecule has 0 radical (unpaired) electrons. The number of aromatic nitrogens is 2. The van der Waals surface area contributed by atoms with E-state index in [0.29, 0.717) is 27.6 Å². The zero-order valence-electron chi connectivity index (χ0n) is 17.2. The number of carbonyl (C=O) groups excluding carboxylic acids is 2. The molecule has 0 saturated heterocycles. The Bertz CT molecular complexity index is 1490. The highest BCUT2D eigenvalue weighted by atomic mass is 19.1. The second-order valence-electron chi connectivity index (χ2n) is 8.96. The van der Waals surface area contributed by atoms with Gasteiger partial charge in [-0.3, -0.25) is 14.9 Å². The highest BCUT2D eigenvalue weighted by Gasteiger charge is 2.37. The van der Waals surface area contributed by atoms with Crippen molar-refractivity contribution in [3.05, 3.63) is 71.3 Å². The first-order chi connectivity index (χ1) is 14.8. The number of carbonyl (C=O) groups is 2. The van der Waals surface area contributed by atoms with Gasteiger partial charge >= 0.3 is 0 Å².